The summed E-state index contributed by atoms with van der Waals surface area (Å²) in [5.74, 6) is 0.233. The van der Waals surface area contributed by atoms with Crippen LogP contribution in [0, 0.1) is 17.2 Å². The van der Waals surface area contributed by atoms with Crippen LogP contribution in [0.3, 0.4) is 0 Å². The first kappa shape index (κ1) is 18.0. The zero-order chi connectivity index (χ0) is 18.4. The summed E-state index contributed by atoms with van der Waals surface area (Å²) in [7, 11) is 0. The number of aliphatic hydroxyl groups excluding tert-OH is 1. The number of esters is 1. The second-order valence-corrected chi connectivity index (χ2v) is 6.74. The fraction of sp³-hybridized carbons (Fsp3) is 0.450. The van der Waals surface area contributed by atoms with Gasteiger partial charge in [-0.15, -0.1) is 0 Å². The normalized spacial score (nSPS) is 16.1. The number of rotatable bonds is 6. The summed E-state index contributed by atoms with van der Waals surface area (Å²) < 4.78 is 5.13. The number of imidazole rings is 1. The zero-order valence-corrected chi connectivity index (χ0v) is 14.7. The van der Waals surface area contributed by atoms with Gasteiger partial charge in [0.1, 0.15) is 18.2 Å². The molecule has 2 N–H and O–H groups in total. The first-order valence-corrected chi connectivity index (χ1v) is 9.10. The molecule has 1 aromatic heterocycles. The van der Waals surface area contributed by atoms with Gasteiger partial charge in [0, 0.05) is 6.42 Å². The SMILES string of the molecule is N#C/C(=C(/O)COC(=O)CCC1CCCCC1)c1nc2ccccc2[nH]1. The van der Waals surface area contributed by atoms with Crippen LogP contribution in [0.5, 0.6) is 0 Å². The second-order valence-electron chi connectivity index (χ2n) is 6.74. The first-order valence-electron chi connectivity index (χ1n) is 9.10. The number of ether oxygens (including phenoxy) is 1. The van der Waals surface area contributed by atoms with Crippen molar-refractivity contribution >= 4 is 22.6 Å². The smallest absolute Gasteiger partial charge is 0.306 e. The van der Waals surface area contributed by atoms with Crippen LogP contribution >= 0.6 is 0 Å². The molecule has 0 unspecified atom stereocenters. The predicted molar refractivity (Wildman–Crippen MR) is 98.0 cm³/mol. The van der Waals surface area contributed by atoms with Crippen molar-refractivity contribution < 1.29 is 14.6 Å². The van der Waals surface area contributed by atoms with Crippen molar-refractivity contribution in [3.05, 3.63) is 35.8 Å². The van der Waals surface area contributed by atoms with E-state index in [0.717, 1.165) is 11.9 Å². The van der Waals surface area contributed by atoms with Crippen LogP contribution in [0.1, 0.15) is 50.8 Å². The number of benzene rings is 1. The molecule has 2 aromatic rings. The van der Waals surface area contributed by atoms with E-state index in [0.29, 0.717) is 17.9 Å². The number of H-pyrrole nitrogens is 1. The highest BCUT2D eigenvalue weighted by Crippen LogP contribution is 2.27. The lowest BCUT2D eigenvalue weighted by Crippen LogP contribution is -2.12. The Morgan fingerprint density at radius 2 is 2.08 bits per heavy atom. The number of para-hydroxylation sites is 2. The maximum atomic E-state index is 11.9. The fourth-order valence-corrected chi connectivity index (χ4v) is 3.42. The summed E-state index contributed by atoms with van der Waals surface area (Å²) in [6, 6.07) is 9.28. The van der Waals surface area contributed by atoms with E-state index in [1.165, 1.54) is 32.1 Å². The lowest BCUT2D eigenvalue weighted by molar-refractivity contribution is -0.143. The third-order valence-electron chi connectivity index (χ3n) is 4.88. The number of carbonyl (C=O) groups excluding carboxylic acids is 1. The predicted octanol–water partition coefficient (Wildman–Crippen LogP) is 4.26. The quantitative estimate of drug-likeness (QED) is 0.459. The van der Waals surface area contributed by atoms with E-state index < -0.39 is 0 Å². The summed E-state index contributed by atoms with van der Waals surface area (Å²) in [5, 5.41) is 19.5. The molecule has 0 radical (unpaired) electrons. The maximum Gasteiger partial charge on any atom is 0.306 e. The summed E-state index contributed by atoms with van der Waals surface area (Å²) in [6.45, 7) is -0.316. The Morgan fingerprint density at radius 3 is 2.81 bits per heavy atom. The number of nitriles is 1. The Labute approximate surface area is 152 Å². The van der Waals surface area contributed by atoms with Gasteiger partial charge in [-0.25, -0.2) is 4.98 Å². The van der Waals surface area contributed by atoms with Crippen molar-refractivity contribution in [1.82, 2.24) is 9.97 Å². The van der Waals surface area contributed by atoms with Gasteiger partial charge in [0.15, 0.2) is 11.6 Å². The van der Waals surface area contributed by atoms with Crippen LogP contribution < -0.4 is 0 Å². The highest BCUT2D eigenvalue weighted by molar-refractivity contribution is 5.82. The molecular formula is C20H23N3O3. The number of nitrogens with one attached hydrogen (secondary N) is 1. The van der Waals surface area contributed by atoms with Gasteiger partial charge in [0.2, 0.25) is 0 Å². The number of hydrogen-bond acceptors (Lipinski definition) is 5. The molecule has 0 spiro atoms. The summed E-state index contributed by atoms with van der Waals surface area (Å²) >= 11 is 0. The average molecular weight is 353 g/mol. The van der Waals surface area contributed by atoms with E-state index in [1.807, 2.05) is 30.3 Å². The average Bonchev–Trinajstić information content (AvgIpc) is 3.09. The molecule has 0 aliphatic heterocycles. The van der Waals surface area contributed by atoms with E-state index >= 15 is 0 Å². The van der Waals surface area contributed by atoms with Gasteiger partial charge < -0.3 is 14.8 Å². The minimum atomic E-state index is -0.344. The van der Waals surface area contributed by atoms with E-state index in [9.17, 15) is 15.2 Å². The van der Waals surface area contributed by atoms with Gasteiger partial charge in [0.05, 0.1) is 11.0 Å². The number of aliphatic hydroxyl groups is 1. The van der Waals surface area contributed by atoms with Crippen LogP contribution in [-0.2, 0) is 9.53 Å². The Bertz CT molecular complexity index is 808. The third-order valence-corrected chi connectivity index (χ3v) is 4.88. The molecule has 3 rings (SSSR count). The molecule has 1 aliphatic carbocycles. The topological polar surface area (TPSA) is 99.0 Å². The van der Waals surface area contributed by atoms with Crippen LogP contribution in [0.25, 0.3) is 16.6 Å². The standard InChI is InChI=1S/C20H23N3O3/c21-12-15(20-22-16-8-4-5-9-17(16)23-20)18(24)13-26-19(25)11-10-14-6-2-1-3-7-14/h4-5,8-9,14,24H,1-3,6-7,10-11,13H2,(H,22,23)/b18-15-. The summed E-state index contributed by atoms with van der Waals surface area (Å²) in [4.78, 5) is 19.2. The molecule has 0 amide bonds. The highest BCUT2D eigenvalue weighted by Gasteiger charge is 2.17. The van der Waals surface area contributed by atoms with Gasteiger partial charge >= 0.3 is 5.97 Å². The number of hydrogen-bond donors (Lipinski definition) is 2. The number of aromatic nitrogens is 2. The van der Waals surface area contributed by atoms with Crippen molar-refractivity contribution in [2.75, 3.05) is 6.61 Å². The molecule has 0 bridgehead atoms. The fourth-order valence-electron chi connectivity index (χ4n) is 3.42. The number of allylic oxidation sites excluding steroid dienone is 1. The molecule has 6 heteroatoms. The molecule has 6 nitrogen and oxygen atoms in total. The van der Waals surface area contributed by atoms with E-state index in [-0.39, 0.29) is 29.7 Å². The first-order chi connectivity index (χ1) is 12.7. The lowest BCUT2D eigenvalue weighted by Gasteiger charge is -2.20. The molecule has 0 saturated heterocycles. The van der Waals surface area contributed by atoms with Gasteiger partial charge in [-0.2, -0.15) is 5.26 Å². The zero-order valence-electron chi connectivity index (χ0n) is 14.7. The van der Waals surface area contributed by atoms with Crippen LogP contribution in [-0.4, -0.2) is 27.7 Å². The highest BCUT2D eigenvalue weighted by atomic mass is 16.5. The molecule has 1 heterocycles. The minimum Gasteiger partial charge on any atom is -0.507 e. The second kappa shape index (κ2) is 8.52. The van der Waals surface area contributed by atoms with Crippen LogP contribution in [0.4, 0.5) is 0 Å². The monoisotopic (exact) mass is 353 g/mol. The largest absolute Gasteiger partial charge is 0.507 e. The number of aromatic amines is 1. The van der Waals surface area contributed by atoms with Gasteiger partial charge in [-0.05, 0) is 24.5 Å². The summed E-state index contributed by atoms with van der Waals surface area (Å²) in [5.41, 5.74) is 1.46. The van der Waals surface area contributed by atoms with Gasteiger partial charge in [-0.3, -0.25) is 4.79 Å². The molecular weight excluding hydrogens is 330 g/mol. The Kier molecular flexibility index (Phi) is 5.90. The maximum absolute atomic E-state index is 11.9. The van der Waals surface area contributed by atoms with Gasteiger partial charge in [-0.1, -0.05) is 44.2 Å². The molecule has 1 fully saturated rings. The van der Waals surface area contributed by atoms with Crippen LogP contribution in [0.2, 0.25) is 0 Å². The van der Waals surface area contributed by atoms with Crippen LogP contribution in [0.15, 0.2) is 30.0 Å². The van der Waals surface area contributed by atoms with Crippen molar-refractivity contribution in [3.8, 4) is 6.07 Å². The third kappa shape index (κ3) is 4.42. The molecule has 1 aliphatic rings. The van der Waals surface area contributed by atoms with Crippen molar-refractivity contribution in [2.45, 2.75) is 44.9 Å². The van der Waals surface area contributed by atoms with Crippen molar-refractivity contribution in [3.63, 3.8) is 0 Å². The van der Waals surface area contributed by atoms with Crippen molar-refractivity contribution in [1.29, 1.82) is 5.26 Å². The number of carbonyl (C=O) groups is 1. The minimum absolute atomic E-state index is 0.0127. The Hall–Kier alpha value is -2.81. The Morgan fingerprint density at radius 1 is 1.31 bits per heavy atom. The molecule has 1 aromatic carbocycles. The Balaban J connectivity index is 1.58. The van der Waals surface area contributed by atoms with Gasteiger partial charge in [0.25, 0.3) is 0 Å². The molecule has 0 atom stereocenters. The van der Waals surface area contributed by atoms with E-state index in [4.69, 9.17) is 4.74 Å². The molecule has 1 saturated carbocycles. The molecule has 136 valence electrons. The lowest BCUT2D eigenvalue weighted by atomic mass is 9.86. The number of nitrogens with zero attached hydrogens (tertiary/aromatic N) is 2. The summed E-state index contributed by atoms with van der Waals surface area (Å²) in [6.07, 6.45) is 7.32. The van der Waals surface area contributed by atoms with E-state index in [2.05, 4.69) is 9.97 Å². The number of fused-ring (bicyclic) bond motifs is 1. The molecule has 26 heavy (non-hydrogen) atoms. The van der Waals surface area contributed by atoms with E-state index in [1.54, 1.807) is 0 Å². The van der Waals surface area contributed by atoms with Crippen molar-refractivity contribution in [2.24, 2.45) is 5.92 Å².